The number of alkyl halides is 2. The van der Waals surface area contributed by atoms with Crippen LogP contribution in [-0.2, 0) is 9.59 Å². The Labute approximate surface area is 229 Å². The highest BCUT2D eigenvalue weighted by molar-refractivity contribution is 6.07. The van der Waals surface area contributed by atoms with E-state index in [4.69, 9.17) is 0 Å². The minimum absolute atomic E-state index is 0.0512. The summed E-state index contributed by atoms with van der Waals surface area (Å²) in [4.78, 5) is 45.3. The first kappa shape index (κ1) is 26.7. The summed E-state index contributed by atoms with van der Waals surface area (Å²) >= 11 is 0. The second-order valence-electron chi connectivity index (χ2n) is 13.0. The Bertz CT molecular complexity index is 1150. The first-order valence-corrected chi connectivity index (χ1v) is 14.6. The van der Waals surface area contributed by atoms with Gasteiger partial charge in [-0.1, -0.05) is 30.3 Å². The van der Waals surface area contributed by atoms with Crippen molar-refractivity contribution in [3.8, 4) is 0 Å². The average molecular weight is 543 g/mol. The van der Waals surface area contributed by atoms with Crippen molar-refractivity contribution in [3.63, 3.8) is 0 Å². The van der Waals surface area contributed by atoms with Crippen LogP contribution in [0.2, 0.25) is 0 Å². The summed E-state index contributed by atoms with van der Waals surface area (Å²) < 4.78 is 27.3. The van der Waals surface area contributed by atoms with E-state index in [1.54, 1.807) is 7.05 Å². The number of likely N-dealkylation sites (tertiary alicyclic amines) is 1. The van der Waals surface area contributed by atoms with Gasteiger partial charge in [0.15, 0.2) is 0 Å². The van der Waals surface area contributed by atoms with Gasteiger partial charge < -0.3 is 10.2 Å². The normalized spacial score (nSPS) is 34.6. The molecule has 4 amide bonds. The molecule has 1 N–H and O–H groups in total. The maximum atomic E-state index is 13.7. The number of likely N-dealkylation sites (N-methyl/N-ethyl adjacent to an activating group) is 1. The third-order valence-corrected chi connectivity index (χ3v) is 10.6. The molecular formula is C30H40F2N4O3. The molecule has 3 saturated carbocycles. The van der Waals surface area contributed by atoms with E-state index in [1.807, 2.05) is 49.1 Å². The molecule has 0 aromatic heterocycles. The lowest BCUT2D eigenvalue weighted by Gasteiger charge is -2.68. The number of hydrogen-bond donors (Lipinski definition) is 1. The number of carbonyl (C=O) groups is 3. The topological polar surface area (TPSA) is 73.0 Å². The fourth-order valence-corrected chi connectivity index (χ4v) is 8.67. The van der Waals surface area contributed by atoms with Crippen molar-refractivity contribution in [1.82, 2.24) is 20.0 Å². The van der Waals surface area contributed by atoms with Crippen LogP contribution in [0.1, 0.15) is 83.2 Å². The van der Waals surface area contributed by atoms with Crippen LogP contribution in [0.15, 0.2) is 30.3 Å². The van der Waals surface area contributed by atoms with Gasteiger partial charge in [0, 0.05) is 55.9 Å². The zero-order chi connectivity index (χ0) is 27.7. The number of nitrogens with zero attached hydrogens (tertiary/aromatic N) is 3. The quantitative estimate of drug-likeness (QED) is 0.506. The van der Waals surface area contributed by atoms with Crippen LogP contribution >= 0.6 is 0 Å². The first-order valence-electron chi connectivity index (χ1n) is 14.6. The summed E-state index contributed by atoms with van der Waals surface area (Å²) in [6.07, 6.45) is 4.25. The molecule has 2 heterocycles. The smallest absolute Gasteiger partial charge is 0.327 e. The summed E-state index contributed by atoms with van der Waals surface area (Å²) in [5.41, 5.74) is 0.348. The summed E-state index contributed by atoms with van der Waals surface area (Å²) in [6, 6.07) is 10.1. The van der Waals surface area contributed by atoms with E-state index >= 15 is 0 Å². The Balaban J connectivity index is 1.17. The summed E-state index contributed by atoms with van der Waals surface area (Å²) in [7, 11) is 1.60. The third kappa shape index (κ3) is 4.01. The zero-order valence-corrected chi connectivity index (χ0v) is 23.2. The summed E-state index contributed by atoms with van der Waals surface area (Å²) in [5.74, 6) is -3.24. The van der Waals surface area contributed by atoms with E-state index < -0.39 is 11.5 Å². The Morgan fingerprint density at radius 1 is 1.05 bits per heavy atom. The van der Waals surface area contributed by atoms with Gasteiger partial charge >= 0.3 is 6.03 Å². The maximum Gasteiger partial charge on any atom is 0.327 e. The molecule has 0 radical (unpaired) electrons. The monoisotopic (exact) mass is 542 g/mol. The van der Waals surface area contributed by atoms with Gasteiger partial charge in [0.25, 0.3) is 5.91 Å². The van der Waals surface area contributed by atoms with Crippen molar-refractivity contribution in [2.24, 2.45) is 11.3 Å². The lowest BCUT2D eigenvalue weighted by atomic mass is 9.53. The number of nitrogens with one attached hydrogen (secondary N) is 1. The van der Waals surface area contributed by atoms with E-state index in [0.717, 1.165) is 31.4 Å². The minimum atomic E-state index is -2.66. The average Bonchev–Trinajstić information content (AvgIpc) is 3.33. The van der Waals surface area contributed by atoms with Crippen molar-refractivity contribution in [1.29, 1.82) is 0 Å². The van der Waals surface area contributed by atoms with E-state index in [1.165, 1.54) is 4.90 Å². The van der Waals surface area contributed by atoms with Gasteiger partial charge in [-0.25, -0.2) is 13.6 Å². The molecular weight excluding hydrogens is 502 g/mol. The number of imide groups is 1. The second-order valence-corrected chi connectivity index (χ2v) is 13.0. The Hall–Kier alpha value is -2.55. The van der Waals surface area contributed by atoms with Gasteiger partial charge in [-0.05, 0) is 64.4 Å². The molecule has 9 heteroatoms. The predicted molar refractivity (Wildman–Crippen MR) is 142 cm³/mol. The number of urea groups is 1. The molecule has 3 aliphatic carbocycles. The molecule has 39 heavy (non-hydrogen) atoms. The first-order chi connectivity index (χ1) is 18.5. The largest absolute Gasteiger partial charge is 0.349 e. The Kier molecular flexibility index (Phi) is 6.32. The standard InChI is InChI=1S/C30H40F2N4O3/c1-19(2)36-27(39)34(3)26(38)29(36)17-24-28(18-29)13-11-23(28)35(24)16-12-22(20-7-5-4-6-8-20)33-25(37)21-9-14-30(31,32)15-10-21/h4-8,19,21-24H,9-18H2,1-3H3,(H,33,37)/t22-,23?,24?,28?,29?/m0/s1. The number of carbonyl (C=O) groups excluding carboxylic acids is 3. The number of halogens is 2. The molecule has 5 fully saturated rings. The van der Waals surface area contributed by atoms with Gasteiger partial charge in [0.2, 0.25) is 11.8 Å². The number of benzene rings is 1. The van der Waals surface area contributed by atoms with Crippen LogP contribution in [-0.4, -0.2) is 75.7 Å². The van der Waals surface area contributed by atoms with Gasteiger partial charge in [0.05, 0.1) is 6.04 Å². The third-order valence-electron chi connectivity index (χ3n) is 10.6. The number of hydrogen-bond acceptors (Lipinski definition) is 4. The van der Waals surface area contributed by atoms with E-state index in [-0.39, 0.29) is 73.0 Å². The summed E-state index contributed by atoms with van der Waals surface area (Å²) in [5, 5.41) is 3.20. The van der Waals surface area contributed by atoms with Crippen LogP contribution in [0.5, 0.6) is 0 Å². The molecule has 2 spiro atoms. The van der Waals surface area contributed by atoms with Crippen LogP contribution < -0.4 is 5.32 Å². The van der Waals surface area contributed by atoms with Crippen molar-refractivity contribution in [2.75, 3.05) is 13.6 Å². The molecule has 1 aromatic carbocycles. The molecule has 4 unspecified atom stereocenters. The van der Waals surface area contributed by atoms with Crippen LogP contribution in [0.25, 0.3) is 0 Å². The van der Waals surface area contributed by atoms with Crippen molar-refractivity contribution in [3.05, 3.63) is 35.9 Å². The maximum absolute atomic E-state index is 13.7. The fraction of sp³-hybridized carbons (Fsp3) is 0.700. The van der Waals surface area contributed by atoms with E-state index in [9.17, 15) is 23.2 Å². The highest BCUT2D eigenvalue weighted by atomic mass is 19.3. The molecule has 0 bridgehead atoms. The molecule has 5 aliphatic rings. The van der Waals surface area contributed by atoms with Crippen molar-refractivity contribution >= 4 is 17.8 Å². The van der Waals surface area contributed by atoms with Gasteiger partial charge in [-0.3, -0.25) is 19.4 Å². The molecule has 7 nitrogen and oxygen atoms in total. The molecule has 6 rings (SSSR count). The molecule has 1 aromatic rings. The molecule has 2 saturated heterocycles. The lowest BCUT2D eigenvalue weighted by molar-refractivity contribution is -0.189. The molecule has 5 atom stereocenters. The number of amides is 4. The van der Waals surface area contributed by atoms with E-state index in [2.05, 4.69) is 10.2 Å². The van der Waals surface area contributed by atoms with Crippen LogP contribution in [0.4, 0.5) is 13.6 Å². The van der Waals surface area contributed by atoms with Gasteiger partial charge in [-0.15, -0.1) is 0 Å². The SMILES string of the molecule is CC(C)N1C(=O)N(C)C(=O)C12CC1N(CC[C@H](NC(=O)C3CCC(F)(F)CC3)c3ccccc3)C3CCC31C2. The van der Waals surface area contributed by atoms with Gasteiger partial charge in [0.1, 0.15) is 5.54 Å². The van der Waals surface area contributed by atoms with E-state index in [0.29, 0.717) is 18.9 Å². The molecule has 2 aliphatic heterocycles. The minimum Gasteiger partial charge on any atom is -0.349 e. The predicted octanol–water partition coefficient (Wildman–Crippen LogP) is 4.73. The fourth-order valence-electron chi connectivity index (χ4n) is 8.67. The lowest BCUT2D eigenvalue weighted by Crippen LogP contribution is -2.74. The number of rotatable bonds is 7. The summed E-state index contributed by atoms with van der Waals surface area (Å²) in [6.45, 7) is 4.75. The second kappa shape index (κ2) is 9.25. The van der Waals surface area contributed by atoms with Crippen LogP contribution in [0.3, 0.4) is 0 Å². The Morgan fingerprint density at radius 2 is 1.74 bits per heavy atom. The number of piperidine rings is 1. The Morgan fingerprint density at radius 3 is 2.36 bits per heavy atom. The zero-order valence-electron chi connectivity index (χ0n) is 23.2. The van der Waals surface area contributed by atoms with Crippen molar-refractivity contribution < 1.29 is 23.2 Å². The highest BCUT2D eigenvalue weighted by Crippen LogP contribution is 2.69. The van der Waals surface area contributed by atoms with Crippen molar-refractivity contribution in [2.45, 2.75) is 107 Å². The van der Waals surface area contributed by atoms with Crippen LogP contribution in [0, 0.1) is 11.3 Å². The molecule has 212 valence electrons. The van der Waals surface area contributed by atoms with Gasteiger partial charge in [-0.2, -0.15) is 0 Å². The highest BCUT2D eigenvalue weighted by Gasteiger charge is 2.76.